The Morgan fingerprint density at radius 3 is 2.46 bits per heavy atom. The molecular weight excluding hydrogens is 346 g/mol. The fourth-order valence-corrected chi connectivity index (χ4v) is 4.01. The number of aryl methyl sites for hydroxylation is 2. The third-order valence-corrected chi connectivity index (χ3v) is 5.50. The van der Waals surface area contributed by atoms with E-state index in [1.54, 1.807) is 25.7 Å². The zero-order valence-electron chi connectivity index (χ0n) is 15.7. The molecule has 26 heavy (non-hydrogen) atoms. The summed E-state index contributed by atoms with van der Waals surface area (Å²) in [6.07, 6.45) is 0. The van der Waals surface area contributed by atoms with E-state index in [4.69, 9.17) is 0 Å². The number of anilines is 1. The van der Waals surface area contributed by atoms with Crippen molar-refractivity contribution in [3.63, 3.8) is 0 Å². The van der Waals surface area contributed by atoms with Gasteiger partial charge in [-0.1, -0.05) is 39.0 Å². The number of nitrogens with zero attached hydrogens (tertiary/aromatic N) is 1. The highest BCUT2D eigenvalue weighted by atomic mass is 32.1. The SMILES string of the molecule is Cc1ccc(C)c(N2C(=O)C(O)=C(C(=O)C(C)(C)C)C2c2cccs2)c1. The summed E-state index contributed by atoms with van der Waals surface area (Å²) in [4.78, 5) is 28.5. The molecule has 0 fully saturated rings. The summed E-state index contributed by atoms with van der Waals surface area (Å²) in [5, 5.41) is 12.5. The maximum Gasteiger partial charge on any atom is 0.294 e. The zero-order chi connectivity index (χ0) is 19.2. The van der Waals surface area contributed by atoms with Crippen molar-refractivity contribution in [3.8, 4) is 0 Å². The van der Waals surface area contributed by atoms with E-state index in [1.807, 2.05) is 49.6 Å². The molecule has 0 saturated heterocycles. The van der Waals surface area contributed by atoms with Gasteiger partial charge in [0.15, 0.2) is 11.5 Å². The Kier molecular flexibility index (Phi) is 4.53. The van der Waals surface area contributed by atoms with Crippen molar-refractivity contribution in [3.05, 3.63) is 63.0 Å². The third kappa shape index (κ3) is 2.97. The highest BCUT2D eigenvalue weighted by Gasteiger charge is 2.47. The maximum absolute atomic E-state index is 13.1. The second-order valence-electron chi connectivity index (χ2n) is 7.72. The van der Waals surface area contributed by atoms with Gasteiger partial charge in [0.2, 0.25) is 0 Å². The van der Waals surface area contributed by atoms with Gasteiger partial charge in [0, 0.05) is 16.0 Å². The Morgan fingerprint density at radius 2 is 1.88 bits per heavy atom. The number of hydrogen-bond donors (Lipinski definition) is 1. The Bertz CT molecular complexity index is 904. The number of carbonyl (C=O) groups excluding carboxylic acids is 2. The molecule has 5 heteroatoms. The molecule has 0 radical (unpaired) electrons. The topological polar surface area (TPSA) is 57.6 Å². The van der Waals surface area contributed by atoms with Gasteiger partial charge in [-0.25, -0.2) is 0 Å². The summed E-state index contributed by atoms with van der Waals surface area (Å²) in [6, 6.07) is 9.04. The van der Waals surface area contributed by atoms with Crippen LogP contribution in [-0.4, -0.2) is 16.8 Å². The summed E-state index contributed by atoms with van der Waals surface area (Å²) < 4.78 is 0. The first-order valence-electron chi connectivity index (χ1n) is 8.55. The molecule has 136 valence electrons. The fraction of sp³-hybridized carbons (Fsp3) is 0.333. The molecule has 0 spiro atoms. The van der Waals surface area contributed by atoms with Gasteiger partial charge >= 0.3 is 0 Å². The summed E-state index contributed by atoms with van der Waals surface area (Å²) >= 11 is 1.47. The van der Waals surface area contributed by atoms with Gasteiger partial charge in [-0.2, -0.15) is 0 Å². The van der Waals surface area contributed by atoms with Crippen LogP contribution in [0.25, 0.3) is 0 Å². The predicted octanol–water partition coefficient (Wildman–Crippen LogP) is 4.88. The number of Topliss-reactive ketones (excluding diaryl/α,β-unsaturated/α-hetero) is 1. The van der Waals surface area contributed by atoms with E-state index in [9.17, 15) is 14.7 Å². The lowest BCUT2D eigenvalue weighted by atomic mass is 9.83. The molecule has 1 aromatic carbocycles. The van der Waals surface area contributed by atoms with Crippen molar-refractivity contribution in [2.24, 2.45) is 5.41 Å². The van der Waals surface area contributed by atoms with Gasteiger partial charge in [0.25, 0.3) is 5.91 Å². The van der Waals surface area contributed by atoms with E-state index in [0.717, 1.165) is 21.7 Å². The highest BCUT2D eigenvalue weighted by molar-refractivity contribution is 7.10. The van der Waals surface area contributed by atoms with E-state index < -0.39 is 23.1 Å². The highest BCUT2D eigenvalue weighted by Crippen LogP contribution is 2.45. The Morgan fingerprint density at radius 1 is 1.19 bits per heavy atom. The quantitative estimate of drug-likeness (QED) is 0.839. The second kappa shape index (κ2) is 6.40. The summed E-state index contributed by atoms with van der Waals surface area (Å²) in [5.74, 6) is -1.18. The predicted molar refractivity (Wildman–Crippen MR) is 105 cm³/mol. The molecule has 3 rings (SSSR count). The van der Waals surface area contributed by atoms with E-state index in [0.29, 0.717) is 0 Å². The van der Waals surface area contributed by atoms with Crippen LogP contribution >= 0.6 is 11.3 Å². The van der Waals surface area contributed by atoms with Gasteiger partial charge in [-0.15, -0.1) is 11.3 Å². The van der Waals surface area contributed by atoms with Gasteiger partial charge in [0.05, 0.1) is 5.57 Å². The molecule has 2 heterocycles. The molecule has 1 aromatic heterocycles. The van der Waals surface area contributed by atoms with Gasteiger partial charge < -0.3 is 5.11 Å². The number of benzene rings is 1. The molecule has 0 aliphatic carbocycles. The minimum Gasteiger partial charge on any atom is -0.503 e. The number of thiophene rings is 1. The first kappa shape index (κ1) is 18.4. The van der Waals surface area contributed by atoms with Crippen molar-refractivity contribution in [1.29, 1.82) is 0 Å². The first-order valence-corrected chi connectivity index (χ1v) is 9.43. The molecule has 4 nitrogen and oxygen atoms in total. The zero-order valence-corrected chi connectivity index (χ0v) is 16.5. The number of carbonyl (C=O) groups is 2. The lowest BCUT2D eigenvalue weighted by Crippen LogP contribution is -2.32. The van der Waals surface area contributed by atoms with E-state index in [2.05, 4.69) is 0 Å². The minimum absolute atomic E-state index is 0.186. The number of amides is 1. The van der Waals surface area contributed by atoms with Crippen LogP contribution in [0.4, 0.5) is 5.69 Å². The van der Waals surface area contributed by atoms with Crippen LogP contribution in [0, 0.1) is 19.3 Å². The number of aliphatic hydroxyl groups excluding tert-OH is 1. The molecule has 1 aliphatic rings. The molecule has 1 atom stereocenters. The summed E-state index contributed by atoms with van der Waals surface area (Å²) in [7, 11) is 0. The van der Waals surface area contributed by atoms with Crippen LogP contribution in [-0.2, 0) is 9.59 Å². The van der Waals surface area contributed by atoms with Crippen LogP contribution in [0.3, 0.4) is 0 Å². The number of hydrogen-bond acceptors (Lipinski definition) is 4. The second-order valence-corrected chi connectivity index (χ2v) is 8.70. The van der Waals surface area contributed by atoms with E-state index in [1.165, 1.54) is 11.3 Å². The summed E-state index contributed by atoms with van der Waals surface area (Å²) in [6.45, 7) is 9.27. The third-order valence-electron chi connectivity index (χ3n) is 4.57. The minimum atomic E-state index is -0.698. The first-order chi connectivity index (χ1) is 12.1. The van der Waals surface area contributed by atoms with Crippen molar-refractivity contribution in [2.75, 3.05) is 4.90 Å². The van der Waals surface area contributed by atoms with Crippen LogP contribution < -0.4 is 4.90 Å². The molecule has 0 saturated carbocycles. The average Bonchev–Trinajstić information content (AvgIpc) is 3.16. The molecule has 0 bridgehead atoms. The Labute approximate surface area is 157 Å². The molecular formula is C21H23NO3S. The summed E-state index contributed by atoms with van der Waals surface area (Å²) in [5.41, 5.74) is 2.14. The normalized spacial score (nSPS) is 18.0. The lowest BCUT2D eigenvalue weighted by molar-refractivity contribution is -0.123. The van der Waals surface area contributed by atoms with Gasteiger partial charge in [0.1, 0.15) is 6.04 Å². The smallest absolute Gasteiger partial charge is 0.294 e. The largest absolute Gasteiger partial charge is 0.503 e. The number of aliphatic hydroxyl groups is 1. The fourth-order valence-electron chi connectivity index (χ4n) is 3.18. The molecule has 2 aromatic rings. The van der Waals surface area contributed by atoms with Crippen molar-refractivity contribution in [2.45, 2.75) is 40.7 Å². The number of rotatable bonds is 3. The van der Waals surface area contributed by atoms with Crippen molar-refractivity contribution in [1.82, 2.24) is 0 Å². The molecule has 1 aliphatic heterocycles. The van der Waals surface area contributed by atoms with Crippen molar-refractivity contribution >= 4 is 28.7 Å². The number of ketones is 1. The van der Waals surface area contributed by atoms with E-state index >= 15 is 0 Å². The Balaban J connectivity index is 2.22. The Hall–Kier alpha value is -2.40. The lowest BCUT2D eigenvalue weighted by Gasteiger charge is -2.29. The van der Waals surface area contributed by atoms with Crippen molar-refractivity contribution < 1.29 is 14.7 Å². The monoisotopic (exact) mass is 369 g/mol. The van der Waals surface area contributed by atoms with Gasteiger partial charge in [-0.3, -0.25) is 14.5 Å². The molecule has 1 amide bonds. The van der Waals surface area contributed by atoms with E-state index in [-0.39, 0.29) is 11.4 Å². The molecule has 1 N–H and O–H groups in total. The average molecular weight is 369 g/mol. The van der Waals surface area contributed by atoms with Crippen LogP contribution in [0.5, 0.6) is 0 Å². The van der Waals surface area contributed by atoms with Crippen LogP contribution in [0.1, 0.15) is 42.8 Å². The molecule has 1 unspecified atom stereocenters. The van der Waals surface area contributed by atoms with Crippen LogP contribution in [0.2, 0.25) is 0 Å². The van der Waals surface area contributed by atoms with Crippen LogP contribution in [0.15, 0.2) is 47.0 Å². The maximum atomic E-state index is 13.1. The standard InChI is InChI=1S/C21H23NO3S/c1-12-8-9-13(2)14(11-12)22-17(15-7-6-10-26-15)16(18(23)20(22)25)19(24)21(3,4)5/h6-11,17,23H,1-5H3. The van der Waals surface area contributed by atoms with Gasteiger partial charge in [-0.05, 0) is 42.5 Å².